The lowest BCUT2D eigenvalue weighted by Crippen LogP contribution is -2.04. The lowest BCUT2D eigenvalue weighted by atomic mass is 9.90. The highest BCUT2D eigenvalue weighted by Crippen LogP contribution is 2.22. The molecule has 2 heteroatoms. The first kappa shape index (κ1) is 17.1. The van der Waals surface area contributed by atoms with Crippen molar-refractivity contribution in [2.24, 2.45) is 11.8 Å². The maximum absolute atomic E-state index is 8.92. The first-order valence-corrected chi connectivity index (χ1v) is 6.81. The van der Waals surface area contributed by atoms with Crippen LogP contribution >= 0.6 is 0 Å². The molecule has 0 saturated carbocycles. The molecule has 2 nitrogen and oxygen atoms in total. The van der Waals surface area contributed by atoms with E-state index in [0.717, 1.165) is 37.7 Å². The second kappa shape index (κ2) is 11.2. The molecule has 0 heterocycles. The highest BCUT2D eigenvalue weighted by Gasteiger charge is 2.09. The first-order chi connectivity index (χ1) is 8.67. The molecule has 2 unspecified atom stereocenters. The molecule has 0 aliphatic rings. The molecule has 0 aliphatic heterocycles. The molecule has 0 spiro atoms. The third kappa shape index (κ3) is 8.26. The predicted molar refractivity (Wildman–Crippen MR) is 78.4 cm³/mol. The van der Waals surface area contributed by atoms with Crippen molar-refractivity contribution in [2.75, 3.05) is 13.2 Å². The Bertz CT molecular complexity index is 245. The van der Waals surface area contributed by atoms with Crippen LogP contribution in [0.25, 0.3) is 0 Å². The lowest BCUT2D eigenvalue weighted by molar-refractivity contribution is 0.263. The number of hydrogen-bond acceptors (Lipinski definition) is 2. The zero-order valence-corrected chi connectivity index (χ0v) is 11.5. The van der Waals surface area contributed by atoms with Crippen LogP contribution in [-0.4, -0.2) is 23.4 Å². The fraction of sp³-hybridized carbons (Fsp3) is 0.625. The van der Waals surface area contributed by atoms with E-state index >= 15 is 0 Å². The lowest BCUT2D eigenvalue weighted by Gasteiger charge is -2.16. The Morgan fingerprint density at radius 1 is 0.833 bits per heavy atom. The van der Waals surface area contributed by atoms with Crippen LogP contribution in [-0.2, 0) is 0 Å². The maximum atomic E-state index is 8.92. The van der Waals surface area contributed by atoms with E-state index in [9.17, 15) is 0 Å². The summed E-state index contributed by atoms with van der Waals surface area (Å²) in [6.07, 6.45) is 9.56. The summed E-state index contributed by atoms with van der Waals surface area (Å²) < 4.78 is 0. The number of allylic oxidation sites excluding steroid dienone is 2. The molecule has 0 fully saturated rings. The van der Waals surface area contributed by atoms with E-state index in [4.69, 9.17) is 10.2 Å². The van der Waals surface area contributed by atoms with Crippen LogP contribution < -0.4 is 0 Å². The van der Waals surface area contributed by atoms with E-state index in [0.29, 0.717) is 18.3 Å². The van der Waals surface area contributed by atoms with Gasteiger partial charge in [0, 0.05) is 13.2 Å². The van der Waals surface area contributed by atoms with Gasteiger partial charge in [-0.05, 0) is 50.4 Å². The first-order valence-electron chi connectivity index (χ1n) is 6.81. The Balaban J connectivity index is 3.92. The minimum Gasteiger partial charge on any atom is -0.396 e. The van der Waals surface area contributed by atoms with Gasteiger partial charge in [0.2, 0.25) is 0 Å². The Morgan fingerprint density at radius 3 is 1.83 bits per heavy atom. The molecular weight excluding hydrogens is 224 g/mol. The molecule has 0 aromatic heterocycles. The molecule has 2 N–H and O–H groups in total. The van der Waals surface area contributed by atoms with E-state index in [1.165, 1.54) is 0 Å². The van der Waals surface area contributed by atoms with Crippen LogP contribution in [0.4, 0.5) is 0 Å². The molecular formula is C16H28O2. The van der Waals surface area contributed by atoms with Crippen molar-refractivity contribution in [1.82, 2.24) is 0 Å². The van der Waals surface area contributed by atoms with Gasteiger partial charge in [0.1, 0.15) is 0 Å². The summed E-state index contributed by atoms with van der Waals surface area (Å²) >= 11 is 0. The summed E-state index contributed by atoms with van der Waals surface area (Å²) in [6.45, 7) is 12.0. The number of aliphatic hydroxyl groups excluding tert-OH is 2. The van der Waals surface area contributed by atoms with Gasteiger partial charge in [0.05, 0.1) is 0 Å². The van der Waals surface area contributed by atoms with Gasteiger partial charge in [-0.1, -0.05) is 24.3 Å². The quantitative estimate of drug-likeness (QED) is 0.522. The van der Waals surface area contributed by atoms with Gasteiger partial charge in [0.25, 0.3) is 0 Å². The molecule has 0 rings (SSSR count). The van der Waals surface area contributed by atoms with E-state index < -0.39 is 0 Å². The normalized spacial score (nSPS) is 13.9. The number of rotatable bonds is 12. The van der Waals surface area contributed by atoms with E-state index in [2.05, 4.69) is 19.7 Å². The second-order valence-electron chi connectivity index (χ2n) is 4.84. The minimum atomic E-state index is 0.187. The Kier molecular flexibility index (Phi) is 10.7. The monoisotopic (exact) mass is 252 g/mol. The van der Waals surface area contributed by atoms with Crippen molar-refractivity contribution < 1.29 is 10.2 Å². The summed E-state index contributed by atoms with van der Waals surface area (Å²) in [5.41, 5.74) is 1.11. The Morgan fingerprint density at radius 2 is 1.39 bits per heavy atom. The smallest absolute Gasteiger partial charge is 0.0468 e. The summed E-state index contributed by atoms with van der Waals surface area (Å²) in [6, 6.07) is 0. The summed E-state index contributed by atoms with van der Waals surface area (Å²) in [5.74, 6) is 0.889. The molecule has 104 valence electrons. The van der Waals surface area contributed by atoms with Crippen LogP contribution in [0, 0.1) is 11.8 Å². The molecule has 0 saturated heterocycles. The summed E-state index contributed by atoms with van der Waals surface area (Å²) in [5, 5.41) is 17.7. The van der Waals surface area contributed by atoms with Crippen LogP contribution in [0.3, 0.4) is 0 Å². The van der Waals surface area contributed by atoms with Crippen LogP contribution in [0.1, 0.15) is 38.5 Å². The van der Waals surface area contributed by atoms with Crippen molar-refractivity contribution in [3.63, 3.8) is 0 Å². The third-order valence-corrected chi connectivity index (χ3v) is 3.41. The van der Waals surface area contributed by atoms with Crippen LogP contribution in [0.2, 0.25) is 0 Å². The fourth-order valence-corrected chi connectivity index (χ4v) is 2.03. The van der Waals surface area contributed by atoms with Crippen molar-refractivity contribution in [3.05, 3.63) is 37.5 Å². The van der Waals surface area contributed by atoms with Gasteiger partial charge >= 0.3 is 0 Å². The van der Waals surface area contributed by atoms with Crippen molar-refractivity contribution in [1.29, 1.82) is 0 Å². The fourth-order valence-electron chi connectivity index (χ4n) is 2.03. The topological polar surface area (TPSA) is 40.5 Å². The van der Waals surface area contributed by atoms with Gasteiger partial charge in [-0.2, -0.15) is 0 Å². The van der Waals surface area contributed by atoms with Crippen LogP contribution in [0.5, 0.6) is 0 Å². The zero-order valence-electron chi connectivity index (χ0n) is 11.5. The van der Waals surface area contributed by atoms with E-state index in [1.54, 1.807) is 0 Å². The SMILES string of the molecule is C=CC(CCO)CCC(C=C)CCC(=C)CCO. The third-order valence-electron chi connectivity index (χ3n) is 3.41. The summed E-state index contributed by atoms with van der Waals surface area (Å²) in [4.78, 5) is 0. The molecule has 18 heavy (non-hydrogen) atoms. The summed E-state index contributed by atoms with van der Waals surface area (Å²) in [7, 11) is 0. The molecule has 0 amide bonds. The Labute approximate surface area is 112 Å². The number of hydrogen-bond donors (Lipinski definition) is 2. The van der Waals surface area contributed by atoms with Gasteiger partial charge in [-0.3, -0.25) is 0 Å². The highest BCUT2D eigenvalue weighted by atomic mass is 16.3. The average molecular weight is 252 g/mol. The predicted octanol–water partition coefficient (Wildman–Crippen LogP) is 3.47. The van der Waals surface area contributed by atoms with Crippen LogP contribution in [0.15, 0.2) is 37.5 Å². The highest BCUT2D eigenvalue weighted by molar-refractivity contribution is 4.95. The minimum absolute atomic E-state index is 0.187. The average Bonchev–Trinajstić information content (AvgIpc) is 2.37. The maximum Gasteiger partial charge on any atom is 0.0468 e. The van der Waals surface area contributed by atoms with Gasteiger partial charge in [-0.15, -0.1) is 13.2 Å². The van der Waals surface area contributed by atoms with Gasteiger partial charge < -0.3 is 10.2 Å². The molecule has 0 radical (unpaired) electrons. The van der Waals surface area contributed by atoms with E-state index in [-0.39, 0.29) is 13.2 Å². The Hall–Kier alpha value is -0.860. The second-order valence-corrected chi connectivity index (χ2v) is 4.84. The van der Waals surface area contributed by atoms with Crippen molar-refractivity contribution >= 4 is 0 Å². The zero-order chi connectivity index (χ0) is 13.8. The molecule has 2 atom stereocenters. The molecule has 0 aliphatic carbocycles. The number of aliphatic hydroxyl groups is 2. The van der Waals surface area contributed by atoms with E-state index in [1.807, 2.05) is 12.2 Å². The molecule has 0 bridgehead atoms. The van der Waals surface area contributed by atoms with Crippen molar-refractivity contribution in [2.45, 2.75) is 38.5 Å². The van der Waals surface area contributed by atoms with Crippen molar-refractivity contribution in [3.8, 4) is 0 Å². The molecule has 0 aromatic carbocycles. The molecule has 0 aromatic rings. The largest absolute Gasteiger partial charge is 0.396 e. The van der Waals surface area contributed by atoms with Gasteiger partial charge in [0.15, 0.2) is 0 Å². The van der Waals surface area contributed by atoms with Gasteiger partial charge in [-0.25, -0.2) is 0 Å². The standard InChI is InChI=1S/C16H28O2/c1-4-15(7-6-14(3)10-12-17)8-9-16(5-2)11-13-18/h4-5,15-18H,1-3,6-13H2.